The molecule has 7 nitrogen and oxygen atoms in total. The number of nitrogen functional groups attached to an aromatic ring is 1. The minimum atomic E-state index is -4.73. The number of carbonyl (C=O) groups excluding carboxylic acids is 1. The van der Waals surface area contributed by atoms with Crippen molar-refractivity contribution in [3.05, 3.63) is 52.1 Å². The van der Waals surface area contributed by atoms with Crippen LogP contribution in [0.4, 0.5) is 23.4 Å². The van der Waals surface area contributed by atoms with Gasteiger partial charge in [0.2, 0.25) is 0 Å². The molecule has 1 aromatic carbocycles. The van der Waals surface area contributed by atoms with Gasteiger partial charge in [0.1, 0.15) is 17.4 Å². The molecule has 1 amide bonds. The average Bonchev–Trinajstić information content (AvgIpc) is 2.53. The van der Waals surface area contributed by atoms with Gasteiger partial charge in [-0.25, -0.2) is 4.98 Å². The number of anilines is 1. The van der Waals surface area contributed by atoms with Gasteiger partial charge in [0.15, 0.2) is 0 Å². The topological polar surface area (TPSA) is 110 Å². The molecule has 140 valence electrons. The predicted molar refractivity (Wildman–Crippen MR) is 83.3 cm³/mol. The van der Waals surface area contributed by atoms with E-state index in [1.165, 1.54) is 12.1 Å². The van der Waals surface area contributed by atoms with E-state index in [-0.39, 0.29) is 30.2 Å². The molecule has 0 radical (unpaired) electrons. The summed E-state index contributed by atoms with van der Waals surface area (Å²) in [6, 6.07) is 5.82. The summed E-state index contributed by atoms with van der Waals surface area (Å²) in [5.74, 6) is -1.30. The molecular formula is C15H14F4N4O3. The average molecular weight is 374 g/mol. The predicted octanol–water partition coefficient (Wildman–Crippen LogP) is 1.56. The Morgan fingerprint density at radius 3 is 2.69 bits per heavy atom. The summed E-state index contributed by atoms with van der Waals surface area (Å²) >= 11 is 0. The van der Waals surface area contributed by atoms with Gasteiger partial charge in [-0.15, -0.1) is 0 Å². The Labute approximate surface area is 144 Å². The minimum Gasteiger partial charge on any atom is -0.427 e. The summed E-state index contributed by atoms with van der Waals surface area (Å²) in [6.45, 7) is -0.0230. The molecule has 0 unspecified atom stereocenters. The molecule has 0 spiro atoms. The van der Waals surface area contributed by atoms with Crippen molar-refractivity contribution in [2.75, 3.05) is 12.3 Å². The van der Waals surface area contributed by atoms with Crippen LogP contribution in [-0.2, 0) is 6.42 Å². The van der Waals surface area contributed by atoms with Crippen molar-refractivity contribution >= 4 is 11.7 Å². The summed E-state index contributed by atoms with van der Waals surface area (Å²) in [4.78, 5) is 29.6. The van der Waals surface area contributed by atoms with Crippen LogP contribution in [0.15, 0.2) is 35.1 Å². The third-order valence-corrected chi connectivity index (χ3v) is 3.09. The number of para-hydroxylation sites is 1. The van der Waals surface area contributed by atoms with Gasteiger partial charge in [-0.3, -0.25) is 9.59 Å². The van der Waals surface area contributed by atoms with Gasteiger partial charge in [-0.05, 0) is 12.1 Å². The second-order valence-corrected chi connectivity index (χ2v) is 5.08. The molecule has 0 aliphatic heterocycles. The van der Waals surface area contributed by atoms with Crippen molar-refractivity contribution in [3.8, 4) is 5.75 Å². The summed E-state index contributed by atoms with van der Waals surface area (Å²) in [6.07, 6.45) is -8.69. The lowest BCUT2D eigenvalue weighted by molar-refractivity contribution is -0.253. The Bertz CT molecular complexity index is 842. The molecule has 0 bridgehead atoms. The highest BCUT2D eigenvalue weighted by atomic mass is 19.3. The first-order valence-electron chi connectivity index (χ1n) is 7.27. The highest BCUT2D eigenvalue weighted by Gasteiger charge is 2.44. The lowest BCUT2D eigenvalue weighted by atomic mass is 10.2. The Morgan fingerprint density at radius 1 is 1.35 bits per heavy atom. The molecule has 0 saturated heterocycles. The van der Waals surface area contributed by atoms with Crippen molar-refractivity contribution in [1.82, 2.24) is 15.3 Å². The van der Waals surface area contributed by atoms with E-state index in [1.807, 2.05) is 0 Å². The van der Waals surface area contributed by atoms with Gasteiger partial charge < -0.3 is 20.8 Å². The maximum absolute atomic E-state index is 13.1. The molecule has 11 heteroatoms. The number of hydrogen-bond acceptors (Lipinski definition) is 5. The standard InChI is InChI=1S/C15H14F4N4O3/c16-14(17)15(18,19)26-9-4-2-1-3-8(9)13(25)21-6-5-11-22-10(20)7-12(24)23-11/h1-4,7,14H,5-6H2,(H,21,25)(H3,20,22,23,24). The molecule has 0 fully saturated rings. The maximum Gasteiger partial charge on any atom is 0.461 e. The number of carbonyl (C=O) groups is 1. The molecule has 1 aromatic heterocycles. The van der Waals surface area contributed by atoms with E-state index in [2.05, 4.69) is 20.0 Å². The van der Waals surface area contributed by atoms with Crippen LogP contribution in [0.1, 0.15) is 16.2 Å². The first kappa shape index (κ1) is 19.2. The monoisotopic (exact) mass is 374 g/mol. The third-order valence-electron chi connectivity index (χ3n) is 3.09. The fourth-order valence-corrected chi connectivity index (χ4v) is 1.97. The number of H-pyrrole nitrogens is 1. The van der Waals surface area contributed by atoms with Crippen LogP contribution in [0.3, 0.4) is 0 Å². The SMILES string of the molecule is Nc1cc(=O)[nH]c(CCNC(=O)c2ccccc2OC(F)(F)C(F)F)n1. The van der Waals surface area contributed by atoms with Crippen molar-refractivity contribution < 1.29 is 27.1 Å². The molecule has 0 aliphatic rings. The number of ether oxygens (including phenoxy) is 1. The fourth-order valence-electron chi connectivity index (χ4n) is 1.97. The number of halogens is 4. The molecule has 2 aromatic rings. The normalized spacial score (nSPS) is 11.4. The molecule has 0 atom stereocenters. The molecule has 0 aliphatic carbocycles. The Hall–Kier alpha value is -3.11. The van der Waals surface area contributed by atoms with Crippen LogP contribution in [0.2, 0.25) is 0 Å². The van der Waals surface area contributed by atoms with E-state index in [0.29, 0.717) is 0 Å². The number of nitrogens with two attached hydrogens (primary N) is 1. The number of nitrogens with one attached hydrogen (secondary N) is 2. The third kappa shape index (κ3) is 4.94. The minimum absolute atomic E-state index is 0.00283. The van der Waals surface area contributed by atoms with Crippen molar-refractivity contribution in [1.29, 1.82) is 0 Å². The highest BCUT2D eigenvalue weighted by Crippen LogP contribution is 2.29. The number of aromatic amines is 1. The van der Waals surface area contributed by atoms with Gasteiger partial charge in [0.05, 0.1) is 5.56 Å². The van der Waals surface area contributed by atoms with Crippen LogP contribution in [0, 0.1) is 0 Å². The van der Waals surface area contributed by atoms with Gasteiger partial charge >= 0.3 is 12.5 Å². The first-order chi connectivity index (χ1) is 12.2. The van der Waals surface area contributed by atoms with Crippen LogP contribution in [-0.4, -0.2) is 35.0 Å². The zero-order valence-electron chi connectivity index (χ0n) is 13.1. The lowest BCUT2D eigenvalue weighted by Gasteiger charge is -2.18. The zero-order valence-corrected chi connectivity index (χ0v) is 13.1. The number of amides is 1. The quantitative estimate of drug-likeness (QED) is 0.637. The smallest absolute Gasteiger partial charge is 0.427 e. The zero-order chi connectivity index (χ0) is 19.3. The summed E-state index contributed by atoms with van der Waals surface area (Å²) < 4.78 is 54.7. The van der Waals surface area contributed by atoms with Crippen molar-refractivity contribution in [2.24, 2.45) is 0 Å². The second kappa shape index (κ2) is 7.85. The number of hydrogen-bond donors (Lipinski definition) is 3. The van der Waals surface area contributed by atoms with E-state index >= 15 is 0 Å². The maximum atomic E-state index is 13.1. The van der Waals surface area contributed by atoms with Crippen molar-refractivity contribution in [2.45, 2.75) is 19.0 Å². The van der Waals surface area contributed by atoms with Crippen LogP contribution in [0.25, 0.3) is 0 Å². The van der Waals surface area contributed by atoms with E-state index in [0.717, 1.165) is 18.2 Å². The molecule has 26 heavy (non-hydrogen) atoms. The number of benzene rings is 1. The largest absolute Gasteiger partial charge is 0.461 e. The summed E-state index contributed by atoms with van der Waals surface area (Å²) in [5, 5.41) is 2.39. The van der Waals surface area contributed by atoms with E-state index in [1.54, 1.807) is 0 Å². The van der Waals surface area contributed by atoms with Gasteiger partial charge in [0.25, 0.3) is 11.5 Å². The summed E-state index contributed by atoms with van der Waals surface area (Å²) in [7, 11) is 0. The Balaban J connectivity index is 2.04. The van der Waals surface area contributed by atoms with Gasteiger partial charge in [-0.2, -0.15) is 17.6 Å². The van der Waals surface area contributed by atoms with Crippen LogP contribution < -0.4 is 21.3 Å². The molecule has 0 saturated carbocycles. The van der Waals surface area contributed by atoms with Crippen LogP contribution >= 0.6 is 0 Å². The van der Waals surface area contributed by atoms with Gasteiger partial charge in [-0.1, -0.05) is 12.1 Å². The van der Waals surface area contributed by atoms with E-state index in [9.17, 15) is 27.2 Å². The fraction of sp³-hybridized carbons (Fsp3) is 0.267. The second-order valence-electron chi connectivity index (χ2n) is 5.08. The number of nitrogens with zero attached hydrogens (tertiary/aromatic N) is 1. The number of alkyl halides is 4. The van der Waals surface area contributed by atoms with Crippen molar-refractivity contribution in [3.63, 3.8) is 0 Å². The Kier molecular flexibility index (Phi) is 5.80. The van der Waals surface area contributed by atoms with Gasteiger partial charge in [0, 0.05) is 19.0 Å². The molecule has 2 rings (SSSR count). The number of rotatable bonds is 7. The molecule has 4 N–H and O–H groups in total. The van der Waals surface area contributed by atoms with E-state index in [4.69, 9.17) is 5.73 Å². The highest BCUT2D eigenvalue weighted by molar-refractivity contribution is 5.96. The van der Waals surface area contributed by atoms with E-state index < -0.39 is 29.7 Å². The Morgan fingerprint density at radius 2 is 2.04 bits per heavy atom. The summed E-state index contributed by atoms with van der Waals surface area (Å²) in [5.41, 5.74) is 4.61. The van der Waals surface area contributed by atoms with Crippen LogP contribution in [0.5, 0.6) is 5.75 Å². The lowest BCUT2D eigenvalue weighted by Crippen LogP contribution is -2.35. The molecular weight excluding hydrogens is 360 g/mol. The molecule has 1 heterocycles. The first-order valence-corrected chi connectivity index (χ1v) is 7.27. The number of aromatic nitrogens is 2.